The summed E-state index contributed by atoms with van der Waals surface area (Å²) in [7, 11) is 0. The molecule has 26 heavy (non-hydrogen) atoms. The fourth-order valence-corrected chi connectivity index (χ4v) is 3.03. The van der Waals surface area contributed by atoms with E-state index in [1.54, 1.807) is 42.7 Å². The Hall–Kier alpha value is -3.47. The molecule has 0 spiro atoms. The number of cyclic esters (lactones) is 1. The van der Waals surface area contributed by atoms with E-state index in [4.69, 9.17) is 4.74 Å². The Morgan fingerprint density at radius 3 is 2.69 bits per heavy atom. The second kappa shape index (κ2) is 6.80. The summed E-state index contributed by atoms with van der Waals surface area (Å²) in [5, 5.41) is 2.80. The van der Waals surface area contributed by atoms with Gasteiger partial charge in [-0.05, 0) is 41.5 Å². The van der Waals surface area contributed by atoms with Crippen LogP contribution in [0.2, 0.25) is 0 Å². The molecule has 0 fully saturated rings. The lowest BCUT2D eigenvalue weighted by Crippen LogP contribution is -2.23. The lowest BCUT2D eigenvalue weighted by atomic mass is 9.93. The molecule has 4 rings (SSSR count). The molecule has 5 nitrogen and oxygen atoms in total. The molecular weight excluding hydrogens is 328 g/mol. The van der Waals surface area contributed by atoms with E-state index in [1.807, 2.05) is 30.3 Å². The van der Waals surface area contributed by atoms with Crippen molar-refractivity contribution in [3.63, 3.8) is 0 Å². The first-order valence-electron chi connectivity index (χ1n) is 8.31. The molecule has 1 aliphatic rings. The normalized spacial score (nSPS) is 15.7. The molecule has 2 heterocycles. The van der Waals surface area contributed by atoms with E-state index in [9.17, 15) is 9.59 Å². The molecule has 1 aliphatic heterocycles. The van der Waals surface area contributed by atoms with Gasteiger partial charge in [-0.25, -0.2) is 4.79 Å². The Labute approximate surface area is 150 Å². The van der Waals surface area contributed by atoms with Gasteiger partial charge in [0.05, 0.1) is 17.4 Å². The van der Waals surface area contributed by atoms with E-state index in [0.717, 1.165) is 11.1 Å². The largest absolute Gasteiger partial charge is 0.454 e. The highest BCUT2D eigenvalue weighted by Crippen LogP contribution is 2.31. The summed E-state index contributed by atoms with van der Waals surface area (Å²) in [6, 6.07) is 18.2. The predicted molar refractivity (Wildman–Crippen MR) is 96.9 cm³/mol. The molecule has 5 heteroatoms. The number of benzene rings is 2. The number of amides is 1. The maximum atomic E-state index is 12.5. The smallest absolute Gasteiger partial charge is 0.339 e. The minimum atomic E-state index is -0.362. The van der Waals surface area contributed by atoms with Gasteiger partial charge in [0.25, 0.3) is 5.91 Å². The molecule has 1 aromatic heterocycles. The van der Waals surface area contributed by atoms with Crippen molar-refractivity contribution in [2.75, 3.05) is 5.32 Å². The highest BCUT2D eigenvalue weighted by Gasteiger charge is 2.28. The number of hydrogen-bond donors (Lipinski definition) is 1. The van der Waals surface area contributed by atoms with Gasteiger partial charge < -0.3 is 10.1 Å². The number of esters is 1. The fraction of sp³-hybridized carbons (Fsp3) is 0.0952. The lowest BCUT2D eigenvalue weighted by Gasteiger charge is -2.25. The van der Waals surface area contributed by atoms with Crippen molar-refractivity contribution in [3.8, 4) is 0 Å². The lowest BCUT2D eigenvalue weighted by molar-refractivity contribution is 0.0252. The molecule has 0 unspecified atom stereocenters. The summed E-state index contributed by atoms with van der Waals surface area (Å²) < 4.78 is 5.55. The van der Waals surface area contributed by atoms with Gasteiger partial charge in [-0.3, -0.25) is 9.78 Å². The molecule has 0 aliphatic carbocycles. The van der Waals surface area contributed by atoms with Crippen LogP contribution in [0, 0.1) is 0 Å². The fourth-order valence-electron chi connectivity index (χ4n) is 3.03. The molecular formula is C21H16N2O3. The Kier molecular flexibility index (Phi) is 4.19. The maximum absolute atomic E-state index is 12.5. The summed E-state index contributed by atoms with van der Waals surface area (Å²) in [6.07, 6.45) is 3.43. The number of carbonyl (C=O) groups excluding carboxylic acids is 2. The zero-order valence-corrected chi connectivity index (χ0v) is 13.9. The van der Waals surface area contributed by atoms with E-state index >= 15 is 0 Å². The van der Waals surface area contributed by atoms with Gasteiger partial charge in [0.15, 0.2) is 0 Å². The minimum absolute atomic E-state index is 0.240. The van der Waals surface area contributed by atoms with Crippen LogP contribution >= 0.6 is 0 Å². The molecule has 1 atom stereocenters. The quantitative estimate of drug-likeness (QED) is 0.734. The van der Waals surface area contributed by atoms with Gasteiger partial charge in [0.1, 0.15) is 6.10 Å². The van der Waals surface area contributed by atoms with Crippen LogP contribution in [0.25, 0.3) is 0 Å². The van der Waals surface area contributed by atoms with Crippen LogP contribution in [0.3, 0.4) is 0 Å². The highest BCUT2D eigenvalue weighted by atomic mass is 16.5. The van der Waals surface area contributed by atoms with Gasteiger partial charge in [0, 0.05) is 18.2 Å². The van der Waals surface area contributed by atoms with Crippen LogP contribution in [0.4, 0.5) is 5.69 Å². The van der Waals surface area contributed by atoms with Crippen LogP contribution in [-0.4, -0.2) is 16.9 Å². The summed E-state index contributed by atoms with van der Waals surface area (Å²) in [5.41, 5.74) is 3.38. The second-order valence-electron chi connectivity index (χ2n) is 6.08. The van der Waals surface area contributed by atoms with Crippen LogP contribution < -0.4 is 5.32 Å². The number of nitrogens with zero attached hydrogens (tertiary/aromatic N) is 1. The molecule has 1 amide bonds. The first-order valence-corrected chi connectivity index (χ1v) is 8.31. The van der Waals surface area contributed by atoms with Gasteiger partial charge in [-0.1, -0.05) is 30.3 Å². The average molecular weight is 344 g/mol. The van der Waals surface area contributed by atoms with Gasteiger partial charge in [-0.15, -0.1) is 0 Å². The van der Waals surface area contributed by atoms with Crippen molar-refractivity contribution in [2.24, 2.45) is 0 Å². The average Bonchev–Trinajstić information content (AvgIpc) is 2.69. The van der Waals surface area contributed by atoms with Crippen LogP contribution in [0.1, 0.15) is 37.9 Å². The summed E-state index contributed by atoms with van der Waals surface area (Å²) >= 11 is 0. The Morgan fingerprint density at radius 2 is 1.92 bits per heavy atom. The third-order valence-corrected chi connectivity index (χ3v) is 4.33. The molecule has 0 saturated heterocycles. The van der Waals surface area contributed by atoms with Gasteiger partial charge in [0.2, 0.25) is 0 Å². The molecule has 2 aromatic carbocycles. The van der Waals surface area contributed by atoms with Crippen molar-refractivity contribution < 1.29 is 14.3 Å². The van der Waals surface area contributed by atoms with E-state index < -0.39 is 0 Å². The van der Waals surface area contributed by atoms with Crippen molar-refractivity contribution in [1.29, 1.82) is 0 Å². The number of nitrogens with one attached hydrogen (secondary N) is 1. The molecule has 0 bridgehead atoms. The minimum Gasteiger partial charge on any atom is -0.454 e. The number of hydrogen-bond acceptors (Lipinski definition) is 4. The van der Waals surface area contributed by atoms with Gasteiger partial charge >= 0.3 is 5.97 Å². The number of carbonyl (C=O) groups is 2. The third kappa shape index (κ3) is 3.19. The summed E-state index contributed by atoms with van der Waals surface area (Å²) in [6.45, 7) is 0. The molecule has 128 valence electrons. The number of fused-ring (bicyclic) bond motifs is 1. The van der Waals surface area contributed by atoms with Gasteiger partial charge in [-0.2, -0.15) is 0 Å². The Bertz CT molecular complexity index is 956. The molecule has 3 aromatic rings. The third-order valence-electron chi connectivity index (χ3n) is 4.33. The SMILES string of the molecule is O=C(Nc1cccnc1)c1ccc2c(c1)C[C@@H](c1ccccc1)OC2=O. The van der Waals surface area contributed by atoms with Crippen LogP contribution in [0.15, 0.2) is 73.1 Å². The van der Waals surface area contributed by atoms with E-state index in [1.165, 1.54) is 0 Å². The molecule has 1 N–H and O–H groups in total. The van der Waals surface area contributed by atoms with E-state index in [2.05, 4.69) is 10.3 Å². The van der Waals surface area contributed by atoms with Crippen molar-refractivity contribution in [2.45, 2.75) is 12.5 Å². The van der Waals surface area contributed by atoms with Crippen molar-refractivity contribution in [1.82, 2.24) is 4.98 Å². The number of anilines is 1. The Morgan fingerprint density at radius 1 is 1.08 bits per heavy atom. The first-order chi connectivity index (χ1) is 12.7. The van der Waals surface area contributed by atoms with E-state index in [0.29, 0.717) is 23.2 Å². The zero-order chi connectivity index (χ0) is 17.9. The second-order valence-corrected chi connectivity index (χ2v) is 6.08. The number of ether oxygens (including phenoxy) is 1. The predicted octanol–water partition coefficient (Wildman–Crippen LogP) is 3.79. The summed E-state index contributed by atoms with van der Waals surface area (Å²) in [4.78, 5) is 28.8. The van der Waals surface area contributed by atoms with E-state index in [-0.39, 0.29) is 18.0 Å². The standard InChI is InChI=1S/C21H16N2O3/c24-20(23-17-7-4-10-22-13-17)15-8-9-18-16(11-15)12-19(26-21(18)25)14-5-2-1-3-6-14/h1-11,13,19H,12H2,(H,23,24)/t19-/m0/s1. The highest BCUT2D eigenvalue weighted by molar-refractivity contribution is 6.05. The number of aromatic nitrogens is 1. The monoisotopic (exact) mass is 344 g/mol. The van der Waals surface area contributed by atoms with Crippen molar-refractivity contribution in [3.05, 3.63) is 95.3 Å². The molecule has 0 radical (unpaired) electrons. The zero-order valence-electron chi connectivity index (χ0n) is 13.9. The topological polar surface area (TPSA) is 68.3 Å². The summed E-state index contributed by atoms with van der Waals surface area (Å²) in [5.74, 6) is -0.602. The van der Waals surface area contributed by atoms with Crippen LogP contribution in [-0.2, 0) is 11.2 Å². The number of rotatable bonds is 3. The van der Waals surface area contributed by atoms with Crippen LogP contribution in [0.5, 0.6) is 0 Å². The van der Waals surface area contributed by atoms with Crippen molar-refractivity contribution >= 4 is 17.6 Å². The maximum Gasteiger partial charge on any atom is 0.339 e. The number of pyridine rings is 1. The first kappa shape index (κ1) is 16.0. The molecule has 0 saturated carbocycles. The Balaban J connectivity index is 1.60.